The Morgan fingerprint density at radius 2 is 2.12 bits per heavy atom. The molecule has 0 amide bonds. The number of anilines is 2. The Bertz CT molecular complexity index is 437. The number of furan rings is 1. The standard InChI is InChI=1S/C13H16N2O/c1-2-15(10-13-7-4-8-16-13)12-6-3-5-11(14)9-12/h3-9H,2,10,14H2,1H3. The Hall–Kier alpha value is -1.90. The highest BCUT2D eigenvalue weighted by Gasteiger charge is 2.06. The van der Waals surface area contributed by atoms with Crippen LogP contribution in [0.2, 0.25) is 0 Å². The largest absolute Gasteiger partial charge is 0.467 e. The molecule has 0 aliphatic heterocycles. The van der Waals surface area contributed by atoms with Crippen molar-refractivity contribution in [3.63, 3.8) is 0 Å². The molecule has 3 nitrogen and oxygen atoms in total. The van der Waals surface area contributed by atoms with Crippen LogP contribution in [0.1, 0.15) is 12.7 Å². The van der Waals surface area contributed by atoms with Gasteiger partial charge in [-0.15, -0.1) is 0 Å². The fourth-order valence-electron chi connectivity index (χ4n) is 1.70. The molecule has 0 radical (unpaired) electrons. The minimum atomic E-state index is 0.771. The summed E-state index contributed by atoms with van der Waals surface area (Å²) in [4.78, 5) is 2.22. The van der Waals surface area contributed by atoms with Gasteiger partial charge in [-0.25, -0.2) is 0 Å². The zero-order valence-electron chi connectivity index (χ0n) is 9.39. The molecule has 0 aliphatic carbocycles. The Labute approximate surface area is 95.5 Å². The molecule has 0 spiro atoms. The molecule has 1 aromatic carbocycles. The van der Waals surface area contributed by atoms with Crippen LogP contribution in [0.4, 0.5) is 11.4 Å². The van der Waals surface area contributed by atoms with E-state index in [2.05, 4.69) is 17.9 Å². The average Bonchev–Trinajstić information content (AvgIpc) is 2.78. The molecule has 0 saturated carbocycles. The van der Waals surface area contributed by atoms with Crippen molar-refractivity contribution in [1.29, 1.82) is 0 Å². The second kappa shape index (κ2) is 4.75. The third-order valence-electron chi connectivity index (χ3n) is 2.54. The van der Waals surface area contributed by atoms with Crippen molar-refractivity contribution in [2.75, 3.05) is 17.2 Å². The van der Waals surface area contributed by atoms with Crippen LogP contribution in [0.5, 0.6) is 0 Å². The van der Waals surface area contributed by atoms with Crippen LogP contribution in [0.15, 0.2) is 47.1 Å². The third kappa shape index (κ3) is 2.37. The zero-order valence-corrected chi connectivity index (χ0v) is 9.39. The smallest absolute Gasteiger partial charge is 0.123 e. The Kier molecular flexibility index (Phi) is 3.15. The Balaban J connectivity index is 2.16. The van der Waals surface area contributed by atoms with Gasteiger partial charge in [-0.05, 0) is 37.3 Å². The first kappa shape index (κ1) is 10.6. The summed E-state index contributed by atoms with van der Waals surface area (Å²) < 4.78 is 5.34. The minimum absolute atomic E-state index is 0.771. The quantitative estimate of drug-likeness (QED) is 0.799. The second-order valence-corrected chi connectivity index (χ2v) is 3.69. The van der Waals surface area contributed by atoms with E-state index in [1.165, 1.54) is 0 Å². The van der Waals surface area contributed by atoms with Crippen LogP contribution in [-0.2, 0) is 6.54 Å². The summed E-state index contributed by atoms with van der Waals surface area (Å²) in [5.41, 5.74) is 7.69. The number of hydrogen-bond donors (Lipinski definition) is 1. The zero-order chi connectivity index (χ0) is 11.4. The molecular formula is C13H16N2O. The summed E-state index contributed by atoms with van der Waals surface area (Å²) in [5, 5.41) is 0. The van der Waals surface area contributed by atoms with Gasteiger partial charge in [-0.2, -0.15) is 0 Å². The highest BCUT2D eigenvalue weighted by atomic mass is 16.3. The highest BCUT2D eigenvalue weighted by molar-refractivity contribution is 5.55. The maximum absolute atomic E-state index is 5.77. The van der Waals surface area contributed by atoms with Crippen LogP contribution in [0.25, 0.3) is 0 Å². The second-order valence-electron chi connectivity index (χ2n) is 3.69. The minimum Gasteiger partial charge on any atom is -0.467 e. The van der Waals surface area contributed by atoms with E-state index in [9.17, 15) is 0 Å². The molecule has 1 aromatic heterocycles. The number of nitrogens with zero attached hydrogens (tertiary/aromatic N) is 1. The predicted octanol–water partition coefficient (Wildman–Crippen LogP) is 2.89. The SMILES string of the molecule is CCN(Cc1ccco1)c1cccc(N)c1. The summed E-state index contributed by atoms with van der Waals surface area (Å²) >= 11 is 0. The summed E-state index contributed by atoms with van der Waals surface area (Å²) in [7, 11) is 0. The van der Waals surface area contributed by atoms with Gasteiger partial charge in [0.2, 0.25) is 0 Å². The Morgan fingerprint density at radius 3 is 2.75 bits per heavy atom. The van der Waals surface area contributed by atoms with E-state index < -0.39 is 0 Å². The van der Waals surface area contributed by atoms with Gasteiger partial charge in [0.1, 0.15) is 5.76 Å². The van der Waals surface area contributed by atoms with Crippen LogP contribution in [-0.4, -0.2) is 6.54 Å². The molecule has 0 aliphatic rings. The highest BCUT2D eigenvalue weighted by Crippen LogP contribution is 2.19. The van der Waals surface area contributed by atoms with Gasteiger partial charge in [-0.1, -0.05) is 6.07 Å². The first-order chi connectivity index (χ1) is 7.79. The molecule has 0 bridgehead atoms. The molecule has 0 saturated heterocycles. The molecular weight excluding hydrogens is 200 g/mol. The van der Waals surface area contributed by atoms with E-state index in [1.54, 1.807) is 6.26 Å². The maximum atomic E-state index is 5.77. The summed E-state index contributed by atoms with van der Waals surface area (Å²) in [6.07, 6.45) is 1.70. The van der Waals surface area contributed by atoms with Gasteiger partial charge in [-0.3, -0.25) is 0 Å². The van der Waals surface area contributed by atoms with E-state index in [1.807, 2.05) is 30.3 Å². The molecule has 1 heterocycles. The summed E-state index contributed by atoms with van der Waals surface area (Å²) in [6.45, 7) is 3.81. The number of benzene rings is 1. The molecule has 0 fully saturated rings. The number of rotatable bonds is 4. The van der Waals surface area contributed by atoms with E-state index in [0.717, 1.165) is 30.2 Å². The van der Waals surface area contributed by atoms with Crippen molar-refractivity contribution in [1.82, 2.24) is 0 Å². The first-order valence-corrected chi connectivity index (χ1v) is 5.42. The molecule has 2 N–H and O–H groups in total. The number of hydrogen-bond acceptors (Lipinski definition) is 3. The topological polar surface area (TPSA) is 42.4 Å². The normalized spacial score (nSPS) is 10.3. The number of nitrogens with two attached hydrogens (primary N) is 1. The van der Waals surface area contributed by atoms with Crippen molar-refractivity contribution in [2.24, 2.45) is 0 Å². The van der Waals surface area contributed by atoms with E-state index >= 15 is 0 Å². The molecule has 2 rings (SSSR count). The van der Waals surface area contributed by atoms with Crippen molar-refractivity contribution in [2.45, 2.75) is 13.5 Å². The van der Waals surface area contributed by atoms with Crippen LogP contribution in [0.3, 0.4) is 0 Å². The molecule has 84 valence electrons. The van der Waals surface area contributed by atoms with Gasteiger partial charge >= 0.3 is 0 Å². The first-order valence-electron chi connectivity index (χ1n) is 5.42. The fraction of sp³-hybridized carbons (Fsp3) is 0.231. The average molecular weight is 216 g/mol. The van der Waals surface area contributed by atoms with Gasteiger partial charge in [0.15, 0.2) is 0 Å². The monoisotopic (exact) mass is 216 g/mol. The molecule has 0 atom stereocenters. The van der Waals surface area contributed by atoms with E-state index in [4.69, 9.17) is 10.2 Å². The van der Waals surface area contributed by atoms with Gasteiger partial charge in [0, 0.05) is 17.9 Å². The molecule has 0 unspecified atom stereocenters. The van der Waals surface area contributed by atoms with Crippen molar-refractivity contribution >= 4 is 11.4 Å². The Morgan fingerprint density at radius 1 is 1.25 bits per heavy atom. The number of nitrogen functional groups attached to an aromatic ring is 1. The van der Waals surface area contributed by atoms with Crippen molar-refractivity contribution in [3.8, 4) is 0 Å². The maximum Gasteiger partial charge on any atom is 0.123 e. The van der Waals surface area contributed by atoms with Gasteiger partial charge in [0.05, 0.1) is 12.8 Å². The fourth-order valence-corrected chi connectivity index (χ4v) is 1.70. The van der Waals surface area contributed by atoms with Gasteiger partial charge in [0.25, 0.3) is 0 Å². The molecule has 3 heteroatoms. The van der Waals surface area contributed by atoms with Crippen molar-refractivity contribution in [3.05, 3.63) is 48.4 Å². The lowest BCUT2D eigenvalue weighted by Crippen LogP contribution is -2.21. The summed E-state index contributed by atoms with van der Waals surface area (Å²) in [6, 6.07) is 11.8. The van der Waals surface area contributed by atoms with Gasteiger partial charge < -0.3 is 15.1 Å². The van der Waals surface area contributed by atoms with Crippen LogP contribution >= 0.6 is 0 Å². The predicted molar refractivity (Wildman–Crippen MR) is 66.3 cm³/mol. The van der Waals surface area contributed by atoms with Crippen LogP contribution in [0, 0.1) is 0 Å². The van der Waals surface area contributed by atoms with Crippen molar-refractivity contribution < 1.29 is 4.42 Å². The molecule has 16 heavy (non-hydrogen) atoms. The van der Waals surface area contributed by atoms with E-state index in [-0.39, 0.29) is 0 Å². The van der Waals surface area contributed by atoms with Crippen LogP contribution < -0.4 is 10.6 Å². The summed E-state index contributed by atoms with van der Waals surface area (Å²) in [5.74, 6) is 0.962. The lowest BCUT2D eigenvalue weighted by atomic mass is 10.2. The molecule has 2 aromatic rings. The lowest BCUT2D eigenvalue weighted by Gasteiger charge is -2.22. The lowest BCUT2D eigenvalue weighted by molar-refractivity contribution is 0.503. The van der Waals surface area contributed by atoms with E-state index in [0.29, 0.717) is 0 Å². The third-order valence-corrected chi connectivity index (χ3v) is 2.54.